The van der Waals surface area contributed by atoms with Crippen molar-refractivity contribution < 1.29 is 24.2 Å². The van der Waals surface area contributed by atoms with Gasteiger partial charge in [0.1, 0.15) is 12.6 Å². The summed E-state index contributed by atoms with van der Waals surface area (Å²) in [4.78, 5) is 38.3. The van der Waals surface area contributed by atoms with Gasteiger partial charge >= 0.3 is 12.1 Å². The number of amides is 2. The number of benzene rings is 2. The molecule has 186 valence electrons. The summed E-state index contributed by atoms with van der Waals surface area (Å²) >= 11 is 1.45. The van der Waals surface area contributed by atoms with Crippen molar-refractivity contribution in [3.63, 3.8) is 0 Å². The summed E-state index contributed by atoms with van der Waals surface area (Å²) in [7, 11) is 0. The number of aliphatic carboxylic acids is 1. The van der Waals surface area contributed by atoms with E-state index in [1.807, 2.05) is 24.3 Å². The summed E-state index contributed by atoms with van der Waals surface area (Å²) in [5.74, 6) is -0.120. The predicted octanol–water partition coefficient (Wildman–Crippen LogP) is 4.56. The van der Waals surface area contributed by atoms with E-state index >= 15 is 0 Å². The van der Waals surface area contributed by atoms with Crippen molar-refractivity contribution in [3.8, 4) is 11.1 Å². The minimum absolute atomic E-state index is 0.0122. The number of carboxylic acid groups (broad SMARTS) is 1. The lowest BCUT2D eigenvalue weighted by Gasteiger charge is -2.25. The van der Waals surface area contributed by atoms with Gasteiger partial charge in [0.15, 0.2) is 0 Å². The van der Waals surface area contributed by atoms with E-state index in [1.165, 1.54) is 27.8 Å². The number of nitrogens with zero attached hydrogens (tertiary/aromatic N) is 1. The van der Waals surface area contributed by atoms with Crippen LogP contribution in [0.3, 0.4) is 0 Å². The van der Waals surface area contributed by atoms with Crippen molar-refractivity contribution in [2.75, 3.05) is 24.8 Å². The monoisotopic (exact) mass is 496 g/mol. The second kappa shape index (κ2) is 11.2. The first kappa shape index (κ1) is 25.1. The van der Waals surface area contributed by atoms with E-state index in [1.54, 1.807) is 0 Å². The van der Waals surface area contributed by atoms with Gasteiger partial charge in [0.25, 0.3) is 0 Å². The number of alkyl carbamates (subject to hydrolysis) is 1. The fourth-order valence-electron chi connectivity index (χ4n) is 5.04. The van der Waals surface area contributed by atoms with E-state index in [4.69, 9.17) is 4.74 Å². The highest BCUT2D eigenvalue weighted by molar-refractivity contribution is 7.99. The molecule has 0 bridgehead atoms. The Balaban J connectivity index is 1.33. The van der Waals surface area contributed by atoms with Gasteiger partial charge in [0.2, 0.25) is 5.91 Å². The topological polar surface area (TPSA) is 95.9 Å². The van der Waals surface area contributed by atoms with Gasteiger partial charge in [-0.25, -0.2) is 9.59 Å². The number of carbonyl (C=O) groups is 3. The Morgan fingerprint density at radius 2 is 1.71 bits per heavy atom. The van der Waals surface area contributed by atoms with Crippen LogP contribution in [0.2, 0.25) is 0 Å². The average Bonchev–Trinajstić information content (AvgIpc) is 3.45. The lowest BCUT2D eigenvalue weighted by Crippen LogP contribution is -2.43. The third-order valence-electron chi connectivity index (χ3n) is 6.63. The number of nitrogens with one attached hydrogen (secondary N) is 1. The molecule has 2 aromatic carbocycles. The lowest BCUT2D eigenvalue weighted by molar-refractivity contribution is -0.148. The fraction of sp³-hybridized carbons (Fsp3) is 0.444. The highest BCUT2D eigenvalue weighted by Gasteiger charge is 2.35. The van der Waals surface area contributed by atoms with E-state index in [2.05, 4.69) is 43.4 Å². The minimum atomic E-state index is -0.972. The molecular formula is C27H32N2O5S. The summed E-state index contributed by atoms with van der Waals surface area (Å²) in [6.45, 7) is 4.67. The molecule has 0 saturated carbocycles. The first-order valence-electron chi connectivity index (χ1n) is 12.0. The Bertz CT molecular complexity index is 1040. The minimum Gasteiger partial charge on any atom is -0.480 e. The van der Waals surface area contributed by atoms with Gasteiger partial charge in [0.05, 0.1) is 5.88 Å². The molecule has 1 saturated heterocycles. The van der Waals surface area contributed by atoms with Crippen LogP contribution in [0.5, 0.6) is 0 Å². The first-order valence-corrected chi connectivity index (χ1v) is 13.2. The third-order valence-corrected chi connectivity index (χ3v) is 7.65. The zero-order valence-electron chi connectivity index (χ0n) is 20.1. The predicted molar refractivity (Wildman–Crippen MR) is 136 cm³/mol. The molecular weight excluding hydrogens is 464 g/mol. The largest absolute Gasteiger partial charge is 0.480 e. The van der Waals surface area contributed by atoms with Gasteiger partial charge in [-0.3, -0.25) is 4.79 Å². The Kier molecular flexibility index (Phi) is 8.00. The zero-order valence-corrected chi connectivity index (χ0v) is 20.9. The number of rotatable bonds is 9. The standard InChI is InChI=1S/C27H32N2O5S/c1-17(2)11-18(12-25(30)29-16-35-15-24(29)26(31)32)13-28-27(33)34-14-23-21-9-5-3-7-19(21)20-8-4-6-10-22(20)23/h3-10,17-18,23-24H,11-16H2,1-2H3,(H,28,33)(H,31,32)/t18-,24?/m0/s1. The van der Waals surface area contributed by atoms with Crippen molar-refractivity contribution in [3.05, 3.63) is 59.7 Å². The number of hydrogen-bond donors (Lipinski definition) is 2. The van der Waals surface area contributed by atoms with E-state index in [0.717, 1.165) is 17.5 Å². The second-order valence-electron chi connectivity index (χ2n) is 9.62. The Hall–Kier alpha value is -3.00. The van der Waals surface area contributed by atoms with Gasteiger partial charge in [-0.15, -0.1) is 11.8 Å². The molecule has 1 unspecified atom stereocenters. The van der Waals surface area contributed by atoms with Gasteiger partial charge in [-0.05, 0) is 40.5 Å². The number of thioether (sulfide) groups is 1. The molecule has 2 amide bonds. The first-order chi connectivity index (χ1) is 16.8. The Morgan fingerprint density at radius 3 is 2.31 bits per heavy atom. The average molecular weight is 497 g/mol. The lowest BCUT2D eigenvalue weighted by atomic mass is 9.93. The van der Waals surface area contributed by atoms with Crippen LogP contribution in [0.4, 0.5) is 4.79 Å². The summed E-state index contributed by atoms with van der Waals surface area (Å²) in [6, 6.07) is 15.6. The molecule has 2 N–H and O–H groups in total. The van der Waals surface area contributed by atoms with Gasteiger partial charge in [-0.1, -0.05) is 62.4 Å². The fourth-order valence-corrected chi connectivity index (χ4v) is 6.21. The Morgan fingerprint density at radius 1 is 1.09 bits per heavy atom. The van der Waals surface area contributed by atoms with Crippen LogP contribution in [0.25, 0.3) is 11.1 Å². The molecule has 7 nitrogen and oxygen atoms in total. The number of ether oxygens (including phenoxy) is 1. The van der Waals surface area contributed by atoms with Crippen LogP contribution in [0.1, 0.15) is 43.7 Å². The number of hydrogen-bond acceptors (Lipinski definition) is 5. The van der Waals surface area contributed by atoms with Gasteiger partial charge in [0, 0.05) is 24.6 Å². The summed E-state index contributed by atoms with van der Waals surface area (Å²) in [6.07, 6.45) is 0.438. The SMILES string of the molecule is CC(C)C[C@H](CNC(=O)OCC1c2ccccc2-c2ccccc21)CC(=O)N1CSCC1C(=O)O. The molecule has 8 heteroatoms. The summed E-state index contributed by atoms with van der Waals surface area (Å²) in [5, 5.41) is 12.2. The van der Waals surface area contributed by atoms with Crippen molar-refractivity contribution in [2.45, 2.75) is 38.6 Å². The molecule has 4 rings (SSSR count). The van der Waals surface area contributed by atoms with Crippen LogP contribution in [0.15, 0.2) is 48.5 Å². The van der Waals surface area contributed by atoms with E-state index in [-0.39, 0.29) is 30.8 Å². The zero-order chi connectivity index (χ0) is 24.9. The summed E-state index contributed by atoms with van der Waals surface area (Å²) in [5.41, 5.74) is 4.65. The number of fused-ring (bicyclic) bond motifs is 3. The van der Waals surface area contributed by atoms with Crippen molar-refractivity contribution in [2.24, 2.45) is 11.8 Å². The molecule has 2 aliphatic rings. The number of carboxylic acids is 1. The maximum absolute atomic E-state index is 12.8. The van der Waals surface area contributed by atoms with E-state index in [9.17, 15) is 19.5 Å². The van der Waals surface area contributed by atoms with Crippen LogP contribution in [-0.2, 0) is 14.3 Å². The number of carbonyl (C=O) groups excluding carboxylic acids is 2. The van der Waals surface area contributed by atoms with Crippen LogP contribution < -0.4 is 5.32 Å². The van der Waals surface area contributed by atoms with E-state index < -0.39 is 18.1 Å². The van der Waals surface area contributed by atoms with Gasteiger partial charge in [-0.2, -0.15) is 0 Å². The highest BCUT2D eigenvalue weighted by Crippen LogP contribution is 2.44. The van der Waals surface area contributed by atoms with Crippen molar-refractivity contribution >= 4 is 29.7 Å². The van der Waals surface area contributed by atoms with Crippen molar-refractivity contribution in [1.82, 2.24) is 10.2 Å². The molecule has 1 aliphatic carbocycles. The van der Waals surface area contributed by atoms with Crippen molar-refractivity contribution in [1.29, 1.82) is 0 Å². The maximum atomic E-state index is 12.8. The Labute approximate surface area is 210 Å². The van der Waals surface area contributed by atoms with Crippen LogP contribution >= 0.6 is 11.8 Å². The van der Waals surface area contributed by atoms with Crippen LogP contribution in [-0.4, -0.2) is 58.8 Å². The molecule has 0 aromatic heterocycles. The maximum Gasteiger partial charge on any atom is 0.407 e. The molecule has 0 radical (unpaired) electrons. The second-order valence-corrected chi connectivity index (χ2v) is 10.6. The van der Waals surface area contributed by atoms with Crippen LogP contribution in [0, 0.1) is 11.8 Å². The molecule has 35 heavy (non-hydrogen) atoms. The third kappa shape index (κ3) is 5.81. The molecule has 2 aromatic rings. The van der Waals surface area contributed by atoms with Gasteiger partial charge < -0.3 is 20.1 Å². The highest BCUT2D eigenvalue weighted by atomic mass is 32.2. The molecule has 1 aliphatic heterocycles. The molecule has 0 spiro atoms. The summed E-state index contributed by atoms with van der Waals surface area (Å²) < 4.78 is 5.62. The smallest absolute Gasteiger partial charge is 0.407 e. The molecule has 1 heterocycles. The van der Waals surface area contributed by atoms with E-state index in [0.29, 0.717) is 24.1 Å². The normalized spacial score (nSPS) is 17.7. The molecule has 1 fully saturated rings. The molecule has 2 atom stereocenters. The quantitative estimate of drug-likeness (QED) is 0.528.